The highest BCUT2D eigenvalue weighted by atomic mass is 16.5. The number of hydrogen-bond acceptors (Lipinski definition) is 2. The van der Waals surface area contributed by atoms with Crippen molar-refractivity contribution >= 4 is 5.91 Å². The molecule has 2 aromatic rings. The fourth-order valence-corrected chi connectivity index (χ4v) is 1.98. The van der Waals surface area contributed by atoms with Crippen LogP contribution in [0.4, 0.5) is 0 Å². The number of aryl methyl sites for hydroxylation is 2. The van der Waals surface area contributed by atoms with Gasteiger partial charge in [-0.25, -0.2) is 0 Å². The van der Waals surface area contributed by atoms with E-state index in [0.29, 0.717) is 11.3 Å². The van der Waals surface area contributed by atoms with Crippen LogP contribution in [-0.2, 0) is 6.54 Å². The molecule has 0 spiro atoms. The van der Waals surface area contributed by atoms with Gasteiger partial charge in [0.2, 0.25) is 5.69 Å². The highest BCUT2D eigenvalue weighted by Gasteiger charge is 2.09. The Hall–Kier alpha value is -2.36. The normalized spacial score (nSPS) is 10.2. The Morgan fingerprint density at radius 3 is 2.53 bits per heavy atom. The maximum atomic E-state index is 12.0. The van der Waals surface area contributed by atoms with Crippen molar-refractivity contribution in [1.29, 1.82) is 0 Å². The third-order valence-electron chi connectivity index (χ3n) is 2.82. The van der Waals surface area contributed by atoms with Gasteiger partial charge in [0.25, 0.3) is 5.91 Å². The Morgan fingerprint density at radius 1 is 1.21 bits per heavy atom. The third-order valence-corrected chi connectivity index (χ3v) is 2.82. The van der Waals surface area contributed by atoms with Gasteiger partial charge in [0, 0.05) is 17.7 Å². The summed E-state index contributed by atoms with van der Waals surface area (Å²) in [6.45, 7) is 4.12. The smallest absolute Gasteiger partial charge is 0.251 e. The molecule has 4 nitrogen and oxygen atoms in total. The van der Waals surface area contributed by atoms with Crippen molar-refractivity contribution in [2.24, 2.45) is 0 Å². The highest BCUT2D eigenvalue weighted by molar-refractivity contribution is 5.94. The van der Waals surface area contributed by atoms with Gasteiger partial charge in [-0.15, -0.1) is 0 Å². The number of rotatable bonds is 3. The number of aromatic nitrogens is 1. The van der Waals surface area contributed by atoms with Crippen molar-refractivity contribution in [3.63, 3.8) is 0 Å². The molecule has 0 aliphatic carbocycles. The fourth-order valence-electron chi connectivity index (χ4n) is 1.98. The van der Waals surface area contributed by atoms with E-state index < -0.39 is 0 Å². The first kappa shape index (κ1) is 13.1. The van der Waals surface area contributed by atoms with E-state index in [2.05, 4.69) is 5.32 Å². The van der Waals surface area contributed by atoms with Gasteiger partial charge in [-0.2, -0.15) is 4.73 Å². The minimum absolute atomic E-state index is 0.171. The SMILES string of the molecule is Cc1cc(C)cc(C(=O)NCc2cccc[n+]2[O-])c1. The average Bonchev–Trinajstić information content (AvgIpc) is 2.36. The third kappa shape index (κ3) is 3.31. The molecule has 1 N–H and O–H groups in total. The molecule has 1 aromatic carbocycles. The summed E-state index contributed by atoms with van der Waals surface area (Å²) in [6.07, 6.45) is 1.41. The lowest BCUT2D eigenvalue weighted by Crippen LogP contribution is -2.35. The molecule has 0 bridgehead atoms. The summed E-state index contributed by atoms with van der Waals surface area (Å²) in [7, 11) is 0. The van der Waals surface area contributed by atoms with Gasteiger partial charge in [-0.05, 0) is 32.0 Å². The van der Waals surface area contributed by atoms with Crippen LogP contribution >= 0.6 is 0 Å². The Bertz CT molecular complexity index is 589. The summed E-state index contributed by atoms with van der Waals surface area (Å²) in [4.78, 5) is 12.0. The second-order valence-corrected chi connectivity index (χ2v) is 4.58. The Labute approximate surface area is 112 Å². The number of pyridine rings is 1. The Kier molecular flexibility index (Phi) is 3.80. The molecule has 1 aromatic heterocycles. The molecule has 1 heterocycles. The number of carbonyl (C=O) groups is 1. The molecule has 1 amide bonds. The predicted molar refractivity (Wildman–Crippen MR) is 72.5 cm³/mol. The summed E-state index contributed by atoms with van der Waals surface area (Å²) in [5, 5.41) is 14.2. The lowest BCUT2D eigenvalue weighted by Gasteiger charge is -2.07. The van der Waals surface area contributed by atoms with Crippen LogP contribution in [0.3, 0.4) is 0 Å². The van der Waals surface area contributed by atoms with Gasteiger partial charge in [0.1, 0.15) is 6.54 Å². The second kappa shape index (κ2) is 5.52. The highest BCUT2D eigenvalue weighted by Crippen LogP contribution is 2.08. The van der Waals surface area contributed by atoms with E-state index in [1.807, 2.05) is 32.0 Å². The first-order valence-corrected chi connectivity index (χ1v) is 6.10. The first-order valence-electron chi connectivity index (χ1n) is 6.10. The number of carbonyl (C=O) groups excluding carboxylic acids is 1. The van der Waals surface area contributed by atoms with Crippen LogP contribution in [0.5, 0.6) is 0 Å². The molecule has 0 aliphatic heterocycles. The van der Waals surface area contributed by atoms with Crippen LogP contribution in [0, 0.1) is 19.1 Å². The molecule has 4 heteroatoms. The second-order valence-electron chi connectivity index (χ2n) is 4.58. The molecule has 98 valence electrons. The van der Waals surface area contributed by atoms with Crippen LogP contribution in [0.15, 0.2) is 42.6 Å². The maximum absolute atomic E-state index is 12.0. The van der Waals surface area contributed by atoms with Crippen molar-refractivity contribution in [3.05, 3.63) is 70.2 Å². The van der Waals surface area contributed by atoms with Crippen molar-refractivity contribution in [3.8, 4) is 0 Å². The lowest BCUT2D eigenvalue weighted by atomic mass is 10.1. The van der Waals surface area contributed by atoms with Gasteiger partial charge in [-0.3, -0.25) is 4.79 Å². The maximum Gasteiger partial charge on any atom is 0.251 e. The van der Waals surface area contributed by atoms with E-state index in [1.165, 1.54) is 6.20 Å². The zero-order chi connectivity index (χ0) is 13.8. The van der Waals surface area contributed by atoms with Crippen molar-refractivity contribution in [1.82, 2.24) is 5.32 Å². The summed E-state index contributed by atoms with van der Waals surface area (Å²) < 4.78 is 0.752. The monoisotopic (exact) mass is 256 g/mol. The molecule has 0 unspecified atom stereocenters. The molecule has 19 heavy (non-hydrogen) atoms. The molecule has 0 saturated heterocycles. The van der Waals surface area contributed by atoms with Crippen molar-refractivity contribution < 1.29 is 9.52 Å². The van der Waals surface area contributed by atoms with Crippen molar-refractivity contribution in [2.75, 3.05) is 0 Å². The summed E-state index contributed by atoms with van der Waals surface area (Å²) in [5.74, 6) is -0.171. The van der Waals surface area contributed by atoms with Crippen molar-refractivity contribution in [2.45, 2.75) is 20.4 Å². The van der Waals surface area contributed by atoms with Gasteiger partial charge in [0.05, 0.1) is 0 Å². The minimum Gasteiger partial charge on any atom is -0.618 e. The summed E-state index contributed by atoms with van der Waals surface area (Å²) in [6, 6.07) is 10.8. The topological polar surface area (TPSA) is 56.0 Å². The van der Waals surface area contributed by atoms with Gasteiger partial charge in [0.15, 0.2) is 6.20 Å². The lowest BCUT2D eigenvalue weighted by molar-refractivity contribution is -0.614. The van der Waals surface area contributed by atoms with Gasteiger partial charge >= 0.3 is 0 Å². The number of hydrogen-bond donors (Lipinski definition) is 1. The molecular weight excluding hydrogens is 240 g/mol. The zero-order valence-electron chi connectivity index (χ0n) is 11.0. The van der Waals surface area contributed by atoms with E-state index in [1.54, 1.807) is 18.2 Å². The number of benzene rings is 1. The fraction of sp³-hybridized carbons (Fsp3) is 0.200. The van der Waals surface area contributed by atoms with Gasteiger partial charge < -0.3 is 10.5 Å². The molecule has 0 saturated carbocycles. The number of nitrogens with one attached hydrogen (secondary N) is 1. The predicted octanol–water partition coefficient (Wildman–Crippen LogP) is 1.87. The Morgan fingerprint density at radius 2 is 1.89 bits per heavy atom. The van der Waals surface area contributed by atoms with Crippen LogP contribution in [0.25, 0.3) is 0 Å². The Balaban J connectivity index is 2.08. The zero-order valence-corrected chi connectivity index (χ0v) is 11.0. The van der Waals surface area contributed by atoms with Crippen LogP contribution < -0.4 is 10.0 Å². The first-order chi connectivity index (χ1) is 9.06. The molecule has 0 fully saturated rings. The van der Waals surface area contributed by atoms with E-state index in [4.69, 9.17) is 0 Å². The molecule has 2 rings (SSSR count). The van der Waals surface area contributed by atoms with Crippen LogP contribution in [-0.4, -0.2) is 5.91 Å². The van der Waals surface area contributed by atoms with E-state index >= 15 is 0 Å². The minimum atomic E-state index is -0.171. The number of nitrogens with zero attached hydrogens (tertiary/aromatic N) is 1. The van der Waals surface area contributed by atoms with E-state index in [0.717, 1.165) is 15.9 Å². The number of amides is 1. The molecule has 0 aliphatic rings. The van der Waals surface area contributed by atoms with E-state index in [9.17, 15) is 10.0 Å². The molecule has 0 radical (unpaired) electrons. The standard InChI is InChI=1S/C15H16N2O2/c1-11-7-12(2)9-13(8-11)15(18)16-10-14-5-3-4-6-17(14)19/h3-9H,10H2,1-2H3,(H,16,18). The van der Waals surface area contributed by atoms with Crippen LogP contribution in [0.1, 0.15) is 27.2 Å². The molecular formula is C15H16N2O2. The largest absolute Gasteiger partial charge is 0.618 e. The van der Waals surface area contributed by atoms with Crippen LogP contribution in [0.2, 0.25) is 0 Å². The summed E-state index contributed by atoms with van der Waals surface area (Å²) in [5.41, 5.74) is 3.22. The van der Waals surface area contributed by atoms with Gasteiger partial charge in [-0.1, -0.05) is 17.2 Å². The average molecular weight is 256 g/mol. The van der Waals surface area contributed by atoms with E-state index in [-0.39, 0.29) is 12.5 Å². The summed E-state index contributed by atoms with van der Waals surface area (Å²) >= 11 is 0. The quantitative estimate of drug-likeness (QED) is 0.673. The molecule has 0 atom stereocenters.